The number of halogens is 1. The van der Waals surface area contributed by atoms with Gasteiger partial charge in [-0.2, -0.15) is 5.10 Å². The Morgan fingerprint density at radius 1 is 1.24 bits per heavy atom. The number of benzene rings is 1. The van der Waals surface area contributed by atoms with E-state index in [-0.39, 0.29) is 17.6 Å². The molecular weight excluding hydrogens is 367 g/mol. The summed E-state index contributed by atoms with van der Waals surface area (Å²) < 4.78 is 15.1. The van der Waals surface area contributed by atoms with Crippen LogP contribution in [0.2, 0.25) is 0 Å². The average molecular weight is 392 g/mol. The van der Waals surface area contributed by atoms with Crippen molar-refractivity contribution >= 4 is 5.91 Å². The van der Waals surface area contributed by atoms with Crippen molar-refractivity contribution in [2.24, 2.45) is 7.05 Å². The van der Waals surface area contributed by atoms with Crippen molar-refractivity contribution in [1.82, 2.24) is 19.7 Å². The van der Waals surface area contributed by atoms with Crippen LogP contribution in [0.3, 0.4) is 0 Å². The molecule has 150 valence electrons. The number of rotatable bonds is 4. The maximum Gasteiger partial charge on any atom is 0.257 e. The van der Waals surface area contributed by atoms with Gasteiger partial charge in [0.1, 0.15) is 5.82 Å². The number of aromatic nitrogens is 3. The molecule has 4 rings (SSSR count). The zero-order valence-corrected chi connectivity index (χ0v) is 16.8. The number of carbonyl (C=O) groups is 1. The van der Waals surface area contributed by atoms with E-state index in [4.69, 9.17) is 0 Å². The van der Waals surface area contributed by atoms with Crippen LogP contribution in [-0.4, -0.2) is 38.7 Å². The predicted octanol–water partition coefficient (Wildman–Crippen LogP) is 3.87. The summed E-state index contributed by atoms with van der Waals surface area (Å²) in [5.74, 6) is 0.0545. The van der Waals surface area contributed by atoms with Crippen LogP contribution in [0.25, 0.3) is 0 Å². The average Bonchev–Trinajstić information content (AvgIpc) is 3.06. The van der Waals surface area contributed by atoms with Crippen LogP contribution in [0.4, 0.5) is 4.39 Å². The zero-order valence-electron chi connectivity index (χ0n) is 16.8. The van der Waals surface area contributed by atoms with Gasteiger partial charge < -0.3 is 4.90 Å². The van der Waals surface area contributed by atoms with E-state index in [0.717, 1.165) is 41.9 Å². The molecule has 3 heterocycles. The number of aryl methyl sites for hydroxylation is 2. The van der Waals surface area contributed by atoms with E-state index < -0.39 is 0 Å². The van der Waals surface area contributed by atoms with Gasteiger partial charge in [-0.3, -0.25) is 14.5 Å². The molecule has 0 spiro atoms. The molecule has 0 bridgehead atoms. The Bertz CT molecular complexity index is 1010. The van der Waals surface area contributed by atoms with Crippen molar-refractivity contribution < 1.29 is 9.18 Å². The number of hydrogen-bond donors (Lipinski definition) is 0. The summed E-state index contributed by atoms with van der Waals surface area (Å²) in [6.45, 7) is 3.30. The molecular formula is C23H25FN4O. The Hall–Kier alpha value is -3.02. The van der Waals surface area contributed by atoms with E-state index in [1.807, 2.05) is 37.2 Å². The fourth-order valence-corrected chi connectivity index (χ4v) is 4.05. The summed E-state index contributed by atoms with van der Waals surface area (Å²) in [6.07, 6.45) is 6.29. The standard InChI is InChI=1S/C23H25FN4O/c1-16-21(15-27(2)26-16)23(29)28-10-4-6-19(14-28)22-9-8-18(13-25-22)11-17-5-3-7-20(24)12-17/h3,5,7-9,12-13,15,19H,4,6,10-11,14H2,1-2H3/t19-/m1/s1. The number of nitrogens with zero attached hydrogens (tertiary/aromatic N) is 4. The number of likely N-dealkylation sites (tertiary alicyclic amines) is 1. The maximum absolute atomic E-state index is 13.4. The molecule has 0 unspecified atom stereocenters. The van der Waals surface area contributed by atoms with Gasteiger partial charge in [0.25, 0.3) is 5.91 Å². The van der Waals surface area contributed by atoms with E-state index >= 15 is 0 Å². The number of amides is 1. The molecule has 5 nitrogen and oxygen atoms in total. The van der Waals surface area contributed by atoms with Gasteiger partial charge >= 0.3 is 0 Å². The predicted molar refractivity (Wildman–Crippen MR) is 109 cm³/mol. The lowest BCUT2D eigenvalue weighted by atomic mass is 9.93. The van der Waals surface area contributed by atoms with Crippen LogP contribution >= 0.6 is 0 Å². The SMILES string of the molecule is Cc1nn(C)cc1C(=O)N1CCC[C@@H](c2ccc(Cc3cccc(F)c3)cn2)C1. The van der Waals surface area contributed by atoms with Gasteiger partial charge in [-0.1, -0.05) is 18.2 Å². The highest BCUT2D eigenvalue weighted by atomic mass is 19.1. The van der Waals surface area contributed by atoms with Crippen LogP contribution in [0.15, 0.2) is 48.8 Å². The van der Waals surface area contributed by atoms with E-state index in [1.165, 1.54) is 6.07 Å². The van der Waals surface area contributed by atoms with Gasteiger partial charge in [0.05, 0.1) is 11.3 Å². The quantitative estimate of drug-likeness (QED) is 0.677. The molecule has 2 aromatic heterocycles. The van der Waals surface area contributed by atoms with Crippen molar-refractivity contribution in [3.63, 3.8) is 0 Å². The van der Waals surface area contributed by atoms with E-state index in [0.29, 0.717) is 18.5 Å². The fraction of sp³-hybridized carbons (Fsp3) is 0.348. The maximum atomic E-state index is 13.4. The van der Waals surface area contributed by atoms with Crippen LogP contribution in [0, 0.1) is 12.7 Å². The normalized spacial score (nSPS) is 16.8. The monoisotopic (exact) mass is 392 g/mol. The largest absolute Gasteiger partial charge is 0.338 e. The molecule has 1 saturated heterocycles. The van der Waals surface area contributed by atoms with Crippen LogP contribution in [-0.2, 0) is 13.5 Å². The third-order valence-corrected chi connectivity index (χ3v) is 5.52. The lowest BCUT2D eigenvalue weighted by molar-refractivity contribution is 0.0705. The van der Waals surface area contributed by atoms with Crippen molar-refractivity contribution in [3.8, 4) is 0 Å². The lowest BCUT2D eigenvalue weighted by Crippen LogP contribution is -2.39. The van der Waals surface area contributed by atoms with Crippen LogP contribution in [0.5, 0.6) is 0 Å². The minimum atomic E-state index is -0.220. The first kappa shape index (κ1) is 19.3. The first-order valence-corrected chi connectivity index (χ1v) is 9.98. The molecule has 0 saturated carbocycles. The number of hydrogen-bond acceptors (Lipinski definition) is 3. The molecule has 0 radical (unpaired) electrons. The lowest BCUT2D eigenvalue weighted by Gasteiger charge is -2.32. The molecule has 6 heteroatoms. The van der Waals surface area contributed by atoms with E-state index in [1.54, 1.807) is 23.0 Å². The second-order valence-corrected chi connectivity index (χ2v) is 7.79. The molecule has 0 N–H and O–H groups in total. The highest BCUT2D eigenvalue weighted by Gasteiger charge is 2.27. The Labute approximate surface area is 170 Å². The van der Waals surface area contributed by atoms with Crippen molar-refractivity contribution in [2.75, 3.05) is 13.1 Å². The highest BCUT2D eigenvalue weighted by molar-refractivity contribution is 5.95. The van der Waals surface area contributed by atoms with Gasteiger partial charge in [-0.15, -0.1) is 0 Å². The molecule has 1 aliphatic heterocycles. The summed E-state index contributed by atoms with van der Waals surface area (Å²) >= 11 is 0. The molecule has 1 aromatic carbocycles. The first-order valence-electron chi connectivity index (χ1n) is 9.98. The summed E-state index contributed by atoms with van der Waals surface area (Å²) in [5, 5.41) is 4.29. The van der Waals surface area contributed by atoms with Crippen molar-refractivity contribution in [2.45, 2.75) is 32.1 Å². The van der Waals surface area contributed by atoms with Crippen molar-refractivity contribution in [3.05, 3.63) is 82.7 Å². The molecule has 1 amide bonds. The Balaban J connectivity index is 1.44. The van der Waals surface area contributed by atoms with Gasteiger partial charge in [0, 0.05) is 44.1 Å². The molecule has 29 heavy (non-hydrogen) atoms. The third-order valence-electron chi connectivity index (χ3n) is 5.52. The van der Waals surface area contributed by atoms with Gasteiger partial charge in [-0.25, -0.2) is 4.39 Å². The summed E-state index contributed by atoms with van der Waals surface area (Å²) in [7, 11) is 1.83. The van der Waals surface area contributed by atoms with Crippen LogP contribution < -0.4 is 0 Å². The fourth-order valence-electron chi connectivity index (χ4n) is 4.05. The van der Waals surface area contributed by atoms with Gasteiger partial charge in [-0.05, 0) is 55.5 Å². The number of piperidine rings is 1. The molecule has 0 aliphatic carbocycles. The van der Waals surface area contributed by atoms with Gasteiger partial charge in [0.2, 0.25) is 0 Å². The summed E-state index contributed by atoms with van der Waals surface area (Å²) in [5.41, 5.74) is 4.43. The Kier molecular flexibility index (Phi) is 5.43. The minimum absolute atomic E-state index is 0.0445. The van der Waals surface area contributed by atoms with E-state index in [9.17, 15) is 9.18 Å². The Morgan fingerprint density at radius 2 is 2.10 bits per heavy atom. The number of pyridine rings is 1. The summed E-state index contributed by atoms with van der Waals surface area (Å²) in [4.78, 5) is 19.5. The molecule has 3 aromatic rings. The smallest absolute Gasteiger partial charge is 0.257 e. The second-order valence-electron chi connectivity index (χ2n) is 7.79. The third kappa shape index (κ3) is 4.36. The zero-order chi connectivity index (χ0) is 20.4. The van der Waals surface area contributed by atoms with Gasteiger partial charge in [0.15, 0.2) is 0 Å². The van der Waals surface area contributed by atoms with Crippen LogP contribution in [0.1, 0.15) is 51.6 Å². The molecule has 1 fully saturated rings. The number of carbonyl (C=O) groups excluding carboxylic acids is 1. The molecule has 1 aliphatic rings. The highest BCUT2D eigenvalue weighted by Crippen LogP contribution is 2.27. The Morgan fingerprint density at radius 3 is 2.79 bits per heavy atom. The summed E-state index contributed by atoms with van der Waals surface area (Å²) in [6, 6.07) is 10.8. The first-order chi connectivity index (χ1) is 14.0. The second kappa shape index (κ2) is 8.15. The van der Waals surface area contributed by atoms with E-state index in [2.05, 4.69) is 16.1 Å². The van der Waals surface area contributed by atoms with Crippen molar-refractivity contribution in [1.29, 1.82) is 0 Å². The molecule has 1 atom stereocenters. The topological polar surface area (TPSA) is 51.0 Å². The minimum Gasteiger partial charge on any atom is -0.338 e.